The quantitative estimate of drug-likeness (QED) is 0.920. The predicted octanol–water partition coefficient (Wildman–Crippen LogP) is 1.82. The molecule has 1 heterocycles. The van der Waals surface area contributed by atoms with E-state index in [1.54, 1.807) is 0 Å². The Kier molecular flexibility index (Phi) is 3.89. The fourth-order valence-corrected chi connectivity index (χ4v) is 4.39. The summed E-state index contributed by atoms with van der Waals surface area (Å²) in [5.74, 6) is -2.82. The Morgan fingerprint density at radius 2 is 1.95 bits per heavy atom. The van der Waals surface area contributed by atoms with Crippen LogP contribution in [0, 0.1) is 11.7 Å². The number of carboxylic acids is 1. The van der Waals surface area contributed by atoms with Crippen molar-refractivity contribution in [1.29, 1.82) is 0 Å². The van der Waals surface area contributed by atoms with Gasteiger partial charge in [0.15, 0.2) is 9.84 Å². The smallest absolute Gasteiger partial charge is 0.311 e. The minimum Gasteiger partial charge on any atom is -0.481 e. The highest BCUT2D eigenvalue weighted by Crippen LogP contribution is 2.33. The van der Waals surface area contributed by atoms with Gasteiger partial charge in [-0.3, -0.25) is 4.79 Å². The van der Waals surface area contributed by atoms with Crippen LogP contribution >= 0.6 is 0 Å². The number of aliphatic carboxylic acids is 1. The third kappa shape index (κ3) is 3.32. The maximum atomic E-state index is 12.9. The lowest BCUT2D eigenvalue weighted by molar-refractivity contribution is -0.140. The van der Waals surface area contributed by atoms with Gasteiger partial charge < -0.3 is 5.11 Å². The van der Waals surface area contributed by atoms with Gasteiger partial charge in [0.05, 0.1) is 17.4 Å². The summed E-state index contributed by atoms with van der Waals surface area (Å²) in [6.07, 6.45) is 1.05. The Hall–Kier alpha value is -1.43. The zero-order valence-electron chi connectivity index (χ0n) is 10.3. The molecule has 1 aliphatic rings. The molecule has 6 heteroatoms. The zero-order chi connectivity index (χ0) is 14.0. The summed E-state index contributed by atoms with van der Waals surface area (Å²) in [5.41, 5.74) is 0.455. The molecule has 0 spiro atoms. The van der Waals surface area contributed by atoms with Crippen LogP contribution in [0.3, 0.4) is 0 Å². The molecule has 2 rings (SSSR count). The van der Waals surface area contributed by atoms with E-state index in [0.717, 1.165) is 0 Å². The van der Waals surface area contributed by atoms with E-state index in [-0.39, 0.29) is 11.5 Å². The summed E-state index contributed by atoms with van der Waals surface area (Å²) >= 11 is 0. The Morgan fingerprint density at radius 3 is 2.47 bits per heavy atom. The van der Waals surface area contributed by atoms with Crippen molar-refractivity contribution >= 4 is 15.8 Å². The number of carbonyl (C=O) groups is 1. The van der Waals surface area contributed by atoms with Crippen LogP contribution in [-0.2, 0) is 14.6 Å². The average Bonchev–Trinajstić information content (AvgIpc) is 2.30. The maximum absolute atomic E-state index is 12.9. The Labute approximate surface area is 111 Å². The Bertz CT molecular complexity index is 565. The molecule has 1 fully saturated rings. The van der Waals surface area contributed by atoms with Crippen LogP contribution < -0.4 is 0 Å². The molecular weight excluding hydrogens is 271 g/mol. The number of hydrogen-bond acceptors (Lipinski definition) is 3. The maximum Gasteiger partial charge on any atom is 0.311 e. The lowest BCUT2D eigenvalue weighted by Crippen LogP contribution is -2.32. The van der Waals surface area contributed by atoms with Crippen LogP contribution in [0.4, 0.5) is 4.39 Å². The van der Waals surface area contributed by atoms with Crippen molar-refractivity contribution in [2.75, 3.05) is 11.5 Å². The fraction of sp³-hybridized carbons (Fsp3) is 0.462. The van der Waals surface area contributed by atoms with Crippen LogP contribution in [-0.4, -0.2) is 31.0 Å². The number of benzene rings is 1. The van der Waals surface area contributed by atoms with Gasteiger partial charge in [-0.15, -0.1) is 0 Å². The molecule has 2 unspecified atom stereocenters. The van der Waals surface area contributed by atoms with Crippen molar-refractivity contribution in [2.45, 2.75) is 18.8 Å². The summed E-state index contributed by atoms with van der Waals surface area (Å²) in [6, 6.07) is 5.22. The molecule has 0 aliphatic carbocycles. The van der Waals surface area contributed by atoms with Gasteiger partial charge in [0.2, 0.25) is 0 Å². The first-order valence-electron chi connectivity index (χ1n) is 6.08. The van der Waals surface area contributed by atoms with E-state index in [2.05, 4.69) is 0 Å². The Morgan fingerprint density at radius 1 is 1.32 bits per heavy atom. The molecule has 0 saturated carbocycles. The number of carboxylic acid groups (broad SMARTS) is 1. The van der Waals surface area contributed by atoms with Crippen LogP contribution in [0.15, 0.2) is 24.3 Å². The molecular formula is C13H15FO4S. The minimum absolute atomic E-state index is 0.110. The molecule has 1 aromatic carbocycles. The predicted molar refractivity (Wildman–Crippen MR) is 68.2 cm³/mol. The van der Waals surface area contributed by atoms with Crippen LogP contribution in [0.2, 0.25) is 0 Å². The molecule has 0 amide bonds. The van der Waals surface area contributed by atoms with Crippen molar-refractivity contribution in [3.8, 4) is 0 Å². The second-order valence-electron chi connectivity index (χ2n) is 4.88. The van der Waals surface area contributed by atoms with Crippen molar-refractivity contribution in [2.24, 2.45) is 5.92 Å². The van der Waals surface area contributed by atoms with E-state index in [1.165, 1.54) is 24.3 Å². The zero-order valence-corrected chi connectivity index (χ0v) is 11.1. The van der Waals surface area contributed by atoms with Gasteiger partial charge in [0, 0.05) is 0 Å². The normalized spacial score (nSPS) is 23.7. The third-order valence-corrected chi connectivity index (χ3v) is 5.31. The molecule has 0 bridgehead atoms. The molecule has 2 atom stereocenters. The van der Waals surface area contributed by atoms with E-state index >= 15 is 0 Å². The first-order valence-corrected chi connectivity index (χ1v) is 7.90. The van der Waals surface area contributed by atoms with E-state index < -0.39 is 33.5 Å². The summed E-state index contributed by atoms with van der Waals surface area (Å²) in [5, 5.41) is 9.33. The van der Waals surface area contributed by atoms with Gasteiger partial charge in [-0.25, -0.2) is 12.8 Å². The molecule has 1 aromatic rings. The molecule has 1 saturated heterocycles. The lowest BCUT2D eigenvalue weighted by Gasteiger charge is -2.27. The largest absolute Gasteiger partial charge is 0.481 e. The second kappa shape index (κ2) is 5.28. The Balaban J connectivity index is 2.30. The molecule has 1 N–H and O–H groups in total. The summed E-state index contributed by atoms with van der Waals surface area (Å²) < 4.78 is 36.1. The summed E-state index contributed by atoms with van der Waals surface area (Å²) in [7, 11) is -3.16. The molecule has 1 aliphatic heterocycles. The number of hydrogen-bond donors (Lipinski definition) is 1. The molecule has 0 radical (unpaired) electrons. The van der Waals surface area contributed by atoms with Crippen molar-refractivity contribution in [3.05, 3.63) is 35.6 Å². The molecule has 104 valence electrons. The topological polar surface area (TPSA) is 71.4 Å². The number of halogens is 1. The van der Waals surface area contributed by atoms with Gasteiger partial charge in [0.1, 0.15) is 5.82 Å². The third-order valence-electron chi connectivity index (χ3n) is 3.46. The van der Waals surface area contributed by atoms with E-state index in [4.69, 9.17) is 0 Å². The van der Waals surface area contributed by atoms with Gasteiger partial charge in [0.25, 0.3) is 0 Å². The van der Waals surface area contributed by atoms with Crippen molar-refractivity contribution in [3.63, 3.8) is 0 Å². The van der Waals surface area contributed by atoms with Crippen molar-refractivity contribution in [1.82, 2.24) is 0 Å². The molecule has 19 heavy (non-hydrogen) atoms. The standard InChI is InChI=1S/C13H15FO4S/c14-11-5-3-9(4-6-11)12(13(15)16)10-2-1-7-19(17,18)8-10/h3-6,10,12H,1-2,7-8H2,(H,15,16). The number of sulfone groups is 1. The van der Waals surface area contributed by atoms with Gasteiger partial charge >= 0.3 is 5.97 Å². The average molecular weight is 286 g/mol. The monoisotopic (exact) mass is 286 g/mol. The van der Waals surface area contributed by atoms with Crippen LogP contribution in [0.25, 0.3) is 0 Å². The second-order valence-corrected chi connectivity index (χ2v) is 7.11. The van der Waals surface area contributed by atoms with E-state index in [9.17, 15) is 22.7 Å². The molecule has 4 nitrogen and oxygen atoms in total. The van der Waals surface area contributed by atoms with Gasteiger partial charge in [-0.05, 0) is 36.5 Å². The lowest BCUT2D eigenvalue weighted by atomic mass is 9.84. The van der Waals surface area contributed by atoms with E-state index in [1.807, 2.05) is 0 Å². The summed E-state index contributed by atoms with van der Waals surface area (Å²) in [6.45, 7) is 0. The summed E-state index contributed by atoms with van der Waals surface area (Å²) in [4.78, 5) is 11.4. The first-order chi connectivity index (χ1) is 8.89. The molecule has 0 aromatic heterocycles. The fourth-order valence-electron chi connectivity index (χ4n) is 2.61. The highest BCUT2D eigenvalue weighted by Gasteiger charge is 2.35. The highest BCUT2D eigenvalue weighted by atomic mass is 32.2. The van der Waals surface area contributed by atoms with Gasteiger partial charge in [-0.2, -0.15) is 0 Å². The van der Waals surface area contributed by atoms with Gasteiger partial charge in [-0.1, -0.05) is 12.1 Å². The highest BCUT2D eigenvalue weighted by molar-refractivity contribution is 7.91. The van der Waals surface area contributed by atoms with E-state index in [0.29, 0.717) is 18.4 Å². The van der Waals surface area contributed by atoms with Crippen LogP contribution in [0.5, 0.6) is 0 Å². The minimum atomic E-state index is -3.16. The first kappa shape index (κ1) is 14.0. The van der Waals surface area contributed by atoms with Crippen LogP contribution in [0.1, 0.15) is 24.3 Å². The number of rotatable bonds is 3. The van der Waals surface area contributed by atoms with Crippen molar-refractivity contribution < 1.29 is 22.7 Å². The SMILES string of the molecule is O=C(O)C(c1ccc(F)cc1)C1CCCS(=O)(=O)C1.